The molecule has 0 aliphatic carbocycles. The largest absolute Gasteiger partial charge is 0.296 e. The molecule has 0 bridgehead atoms. The van der Waals surface area contributed by atoms with Crippen molar-refractivity contribution < 1.29 is 4.39 Å². The van der Waals surface area contributed by atoms with Crippen LogP contribution < -0.4 is 0 Å². The van der Waals surface area contributed by atoms with E-state index in [9.17, 15) is 4.39 Å². The van der Waals surface area contributed by atoms with Gasteiger partial charge in [0.05, 0.1) is 0 Å². The molecule has 1 aliphatic heterocycles. The van der Waals surface area contributed by atoms with Crippen molar-refractivity contribution in [1.29, 1.82) is 0 Å². The molecule has 0 unspecified atom stereocenters. The smallest absolute Gasteiger partial charge is 0.102 e. The Labute approximate surface area is 69.0 Å². The van der Waals surface area contributed by atoms with Crippen molar-refractivity contribution in [3.8, 4) is 0 Å². The monoisotopic (exact) mass is 207 g/mol. The van der Waals surface area contributed by atoms with Gasteiger partial charge in [-0.15, -0.1) is 0 Å². The number of nitrogens with zero attached hydrogens (tertiary/aromatic N) is 1. The third-order valence-corrected chi connectivity index (χ3v) is 2.16. The fourth-order valence-corrected chi connectivity index (χ4v) is 1.65. The summed E-state index contributed by atoms with van der Waals surface area (Å²) in [6.07, 6.45) is 3.19. The molecule has 1 heterocycles. The molecule has 10 heavy (non-hydrogen) atoms. The Bertz CT molecular complexity index is 136. The molecule has 0 fully saturated rings. The maximum Gasteiger partial charge on any atom is 0.102 e. The van der Waals surface area contributed by atoms with E-state index < -0.39 is 0 Å². The standard InChI is InChI=1S/C7H11BrFN/c8-7-2-1-4-10(6-7)5-3-9/h2H,1,3-6H2. The predicted molar refractivity (Wildman–Crippen MR) is 44.0 cm³/mol. The number of halogens is 2. The van der Waals surface area contributed by atoms with Gasteiger partial charge < -0.3 is 0 Å². The van der Waals surface area contributed by atoms with E-state index in [4.69, 9.17) is 0 Å². The van der Waals surface area contributed by atoms with Crippen molar-refractivity contribution in [2.45, 2.75) is 6.42 Å². The summed E-state index contributed by atoms with van der Waals surface area (Å²) in [5.41, 5.74) is 0. The highest BCUT2D eigenvalue weighted by molar-refractivity contribution is 9.11. The van der Waals surface area contributed by atoms with Crippen molar-refractivity contribution in [2.24, 2.45) is 0 Å². The Morgan fingerprint density at radius 2 is 2.50 bits per heavy atom. The van der Waals surface area contributed by atoms with E-state index in [1.54, 1.807) is 0 Å². The van der Waals surface area contributed by atoms with E-state index in [1.807, 2.05) is 0 Å². The average molecular weight is 208 g/mol. The lowest BCUT2D eigenvalue weighted by molar-refractivity contribution is 0.266. The lowest BCUT2D eigenvalue weighted by Crippen LogP contribution is -2.30. The Balaban J connectivity index is 2.30. The summed E-state index contributed by atoms with van der Waals surface area (Å²) >= 11 is 3.40. The van der Waals surface area contributed by atoms with Crippen molar-refractivity contribution in [1.82, 2.24) is 4.90 Å². The molecular weight excluding hydrogens is 197 g/mol. The third kappa shape index (κ3) is 2.39. The first-order chi connectivity index (χ1) is 4.83. The molecule has 1 aliphatic rings. The normalized spacial score (nSPS) is 20.8. The topological polar surface area (TPSA) is 3.24 Å². The Morgan fingerprint density at radius 3 is 3.10 bits per heavy atom. The fraction of sp³-hybridized carbons (Fsp3) is 0.714. The highest BCUT2D eigenvalue weighted by Gasteiger charge is 2.08. The summed E-state index contributed by atoms with van der Waals surface area (Å²) < 4.78 is 13.0. The van der Waals surface area contributed by atoms with Gasteiger partial charge in [0.25, 0.3) is 0 Å². The molecular formula is C7H11BrFN. The average Bonchev–Trinajstić information content (AvgIpc) is 1.88. The van der Waals surface area contributed by atoms with Crippen LogP contribution in [0.25, 0.3) is 0 Å². The van der Waals surface area contributed by atoms with E-state index in [2.05, 4.69) is 26.9 Å². The lowest BCUT2D eigenvalue weighted by Gasteiger charge is -2.23. The quantitative estimate of drug-likeness (QED) is 0.670. The van der Waals surface area contributed by atoms with Gasteiger partial charge in [-0.2, -0.15) is 0 Å². The molecule has 0 aromatic carbocycles. The molecule has 0 saturated carbocycles. The summed E-state index contributed by atoms with van der Waals surface area (Å²) in [4.78, 5) is 2.10. The molecule has 0 N–H and O–H groups in total. The summed E-state index contributed by atoms with van der Waals surface area (Å²) in [5, 5.41) is 0. The van der Waals surface area contributed by atoms with Gasteiger partial charge in [-0.05, 0) is 6.42 Å². The van der Waals surface area contributed by atoms with Gasteiger partial charge in [0.15, 0.2) is 0 Å². The van der Waals surface area contributed by atoms with Gasteiger partial charge in [0.1, 0.15) is 6.67 Å². The third-order valence-electron chi connectivity index (χ3n) is 1.59. The SMILES string of the molecule is FCCN1CCC=C(Br)C1. The Kier molecular flexibility index (Phi) is 3.35. The lowest BCUT2D eigenvalue weighted by atomic mass is 10.2. The van der Waals surface area contributed by atoms with Gasteiger partial charge in [-0.1, -0.05) is 22.0 Å². The van der Waals surface area contributed by atoms with Crippen LogP contribution in [0.15, 0.2) is 10.6 Å². The molecule has 58 valence electrons. The maximum absolute atomic E-state index is 11.8. The number of rotatable bonds is 2. The Hall–Kier alpha value is 0.110. The first-order valence-electron chi connectivity index (χ1n) is 3.46. The van der Waals surface area contributed by atoms with E-state index >= 15 is 0 Å². The second-order valence-electron chi connectivity index (χ2n) is 2.40. The minimum absolute atomic E-state index is 0.236. The number of hydrogen-bond acceptors (Lipinski definition) is 1. The molecule has 0 aromatic heterocycles. The molecule has 0 atom stereocenters. The summed E-state index contributed by atoms with van der Waals surface area (Å²) in [6, 6.07) is 0. The zero-order chi connectivity index (χ0) is 7.40. The zero-order valence-corrected chi connectivity index (χ0v) is 7.40. The number of alkyl halides is 1. The second kappa shape index (κ2) is 4.09. The highest BCUT2D eigenvalue weighted by atomic mass is 79.9. The van der Waals surface area contributed by atoms with Crippen LogP contribution in [-0.4, -0.2) is 31.2 Å². The Morgan fingerprint density at radius 1 is 1.70 bits per heavy atom. The van der Waals surface area contributed by atoms with Crippen LogP contribution in [0, 0.1) is 0 Å². The van der Waals surface area contributed by atoms with Crippen LogP contribution in [0.1, 0.15) is 6.42 Å². The van der Waals surface area contributed by atoms with E-state index in [-0.39, 0.29) is 6.67 Å². The maximum atomic E-state index is 11.8. The van der Waals surface area contributed by atoms with Crippen LogP contribution in [0.3, 0.4) is 0 Å². The molecule has 1 nitrogen and oxygen atoms in total. The molecule has 0 saturated heterocycles. The van der Waals surface area contributed by atoms with Crippen LogP contribution in [-0.2, 0) is 0 Å². The summed E-state index contributed by atoms with van der Waals surface area (Å²) in [6.45, 7) is 2.21. The summed E-state index contributed by atoms with van der Waals surface area (Å²) in [7, 11) is 0. The van der Waals surface area contributed by atoms with Crippen molar-refractivity contribution in [3.63, 3.8) is 0 Å². The minimum Gasteiger partial charge on any atom is -0.296 e. The van der Waals surface area contributed by atoms with Crippen molar-refractivity contribution in [2.75, 3.05) is 26.3 Å². The first-order valence-corrected chi connectivity index (χ1v) is 4.25. The van der Waals surface area contributed by atoms with E-state index in [1.165, 1.54) is 4.48 Å². The van der Waals surface area contributed by atoms with E-state index in [0.717, 1.165) is 19.5 Å². The van der Waals surface area contributed by atoms with Gasteiger partial charge in [-0.3, -0.25) is 4.90 Å². The molecule has 1 rings (SSSR count). The highest BCUT2D eigenvalue weighted by Crippen LogP contribution is 2.13. The van der Waals surface area contributed by atoms with Crippen LogP contribution in [0.5, 0.6) is 0 Å². The van der Waals surface area contributed by atoms with Crippen LogP contribution in [0.2, 0.25) is 0 Å². The fourth-order valence-electron chi connectivity index (χ4n) is 1.07. The minimum atomic E-state index is -0.236. The molecule has 0 spiro atoms. The first kappa shape index (κ1) is 8.21. The second-order valence-corrected chi connectivity index (χ2v) is 3.42. The van der Waals surface area contributed by atoms with Crippen molar-refractivity contribution in [3.05, 3.63) is 10.6 Å². The van der Waals surface area contributed by atoms with Gasteiger partial charge in [-0.25, -0.2) is 4.39 Å². The molecule has 0 radical (unpaired) electrons. The van der Waals surface area contributed by atoms with Crippen LogP contribution >= 0.6 is 15.9 Å². The molecule has 0 aromatic rings. The summed E-state index contributed by atoms with van der Waals surface area (Å²) in [5.74, 6) is 0. The van der Waals surface area contributed by atoms with Gasteiger partial charge >= 0.3 is 0 Å². The zero-order valence-electron chi connectivity index (χ0n) is 5.82. The molecule has 3 heteroatoms. The van der Waals surface area contributed by atoms with E-state index in [0.29, 0.717) is 6.54 Å². The molecule has 0 amide bonds. The predicted octanol–water partition coefficient (Wildman–Crippen LogP) is 1.94. The van der Waals surface area contributed by atoms with Crippen LogP contribution in [0.4, 0.5) is 4.39 Å². The van der Waals surface area contributed by atoms with Crippen molar-refractivity contribution >= 4 is 15.9 Å². The van der Waals surface area contributed by atoms with Gasteiger partial charge in [0, 0.05) is 24.1 Å². The van der Waals surface area contributed by atoms with Gasteiger partial charge in [0.2, 0.25) is 0 Å². The number of hydrogen-bond donors (Lipinski definition) is 0.